The van der Waals surface area contributed by atoms with Crippen molar-refractivity contribution in [3.63, 3.8) is 0 Å². The number of rotatable bonds is 7. The fourth-order valence-electron chi connectivity index (χ4n) is 1.98. The molecule has 2 heterocycles. The van der Waals surface area contributed by atoms with Gasteiger partial charge in [0, 0.05) is 18.6 Å². The number of hydrogen-bond acceptors (Lipinski definition) is 5. The van der Waals surface area contributed by atoms with Crippen molar-refractivity contribution < 1.29 is 9.53 Å². The SMILES string of the molecule is CCC(NC(C)c1ncc[nH]1)C(=O)OCc1ccccn1. The van der Waals surface area contributed by atoms with Gasteiger partial charge in [0.1, 0.15) is 18.5 Å². The molecular weight excluding hydrogens is 268 g/mol. The Hall–Kier alpha value is -2.21. The van der Waals surface area contributed by atoms with Crippen LogP contribution in [0.15, 0.2) is 36.8 Å². The summed E-state index contributed by atoms with van der Waals surface area (Å²) in [6, 6.07) is 5.10. The van der Waals surface area contributed by atoms with E-state index in [1.54, 1.807) is 18.6 Å². The average molecular weight is 288 g/mol. The maximum Gasteiger partial charge on any atom is 0.323 e. The fraction of sp³-hybridized carbons (Fsp3) is 0.400. The van der Waals surface area contributed by atoms with Gasteiger partial charge in [-0.05, 0) is 25.5 Å². The van der Waals surface area contributed by atoms with Gasteiger partial charge in [0.25, 0.3) is 0 Å². The molecule has 2 atom stereocenters. The van der Waals surface area contributed by atoms with E-state index in [4.69, 9.17) is 4.74 Å². The van der Waals surface area contributed by atoms with Gasteiger partial charge in [0.05, 0.1) is 11.7 Å². The van der Waals surface area contributed by atoms with Crippen LogP contribution in [0.2, 0.25) is 0 Å². The Bertz CT molecular complexity index is 542. The van der Waals surface area contributed by atoms with Crippen LogP contribution in [0.5, 0.6) is 0 Å². The summed E-state index contributed by atoms with van der Waals surface area (Å²) in [6.45, 7) is 4.08. The minimum atomic E-state index is -0.367. The van der Waals surface area contributed by atoms with E-state index in [0.29, 0.717) is 6.42 Å². The molecule has 112 valence electrons. The lowest BCUT2D eigenvalue weighted by Gasteiger charge is -2.19. The molecule has 0 aliphatic heterocycles. The van der Waals surface area contributed by atoms with E-state index >= 15 is 0 Å². The minimum Gasteiger partial charge on any atom is -0.458 e. The number of aromatic nitrogens is 3. The maximum absolute atomic E-state index is 12.1. The van der Waals surface area contributed by atoms with Crippen LogP contribution < -0.4 is 5.32 Å². The third kappa shape index (κ3) is 4.39. The Morgan fingerprint density at radius 1 is 1.38 bits per heavy atom. The zero-order chi connectivity index (χ0) is 15.1. The molecule has 0 spiro atoms. The van der Waals surface area contributed by atoms with Gasteiger partial charge in [0.2, 0.25) is 0 Å². The first-order chi connectivity index (χ1) is 10.2. The lowest BCUT2D eigenvalue weighted by atomic mass is 10.2. The van der Waals surface area contributed by atoms with Gasteiger partial charge in [-0.25, -0.2) is 4.98 Å². The van der Waals surface area contributed by atoms with Crippen LogP contribution in [0.4, 0.5) is 0 Å². The summed E-state index contributed by atoms with van der Waals surface area (Å²) in [4.78, 5) is 23.4. The summed E-state index contributed by atoms with van der Waals surface area (Å²) < 4.78 is 5.30. The van der Waals surface area contributed by atoms with Crippen molar-refractivity contribution in [1.29, 1.82) is 0 Å². The molecule has 0 fully saturated rings. The summed E-state index contributed by atoms with van der Waals surface area (Å²) in [7, 11) is 0. The number of aromatic amines is 1. The first-order valence-corrected chi connectivity index (χ1v) is 7.02. The molecule has 21 heavy (non-hydrogen) atoms. The van der Waals surface area contributed by atoms with Crippen LogP contribution in [0.1, 0.15) is 37.8 Å². The Morgan fingerprint density at radius 2 is 2.24 bits per heavy atom. The molecule has 2 aromatic heterocycles. The highest BCUT2D eigenvalue weighted by Crippen LogP contribution is 2.09. The number of pyridine rings is 1. The summed E-state index contributed by atoms with van der Waals surface area (Å²) in [5, 5.41) is 3.22. The molecule has 0 amide bonds. The number of esters is 1. The number of hydrogen-bond donors (Lipinski definition) is 2. The lowest BCUT2D eigenvalue weighted by molar-refractivity contribution is -0.148. The van der Waals surface area contributed by atoms with Crippen LogP contribution in [0, 0.1) is 0 Å². The van der Waals surface area contributed by atoms with Crippen molar-refractivity contribution >= 4 is 5.97 Å². The van der Waals surface area contributed by atoms with E-state index in [-0.39, 0.29) is 24.7 Å². The average Bonchev–Trinajstić information content (AvgIpc) is 3.05. The van der Waals surface area contributed by atoms with Gasteiger partial charge >= 0.3 is 5.97 Å². The normalized spacial score (nSPS) is 13.6. The molecule has 2 N–H and O–H groups in total. The van der Waals surface area contributed by atoms with Gasteiger partial charge in [-0.15, -0.1) is 0 Å². The van der Waals surface area contributed by atoms with Gasteiger partial charge in [-0.3, -0.25) is 15.1 Å². The number of carbonyl (C=O) groups excluding carboxylic acids is 1. The molecular formula is C15H20N4O2. The van der Waals surface area contributed by atoms with E-state index in [1.807, 2.05) is 32.0 Å². The van der Waals surface area contributed by atoms with Crippen LogP contribution in [0.3, 0.4) is 0 Å². The molecule has 0 saturated carbocycles. The first kappa shape index (κ1) is 15.2. The Morgan fingerprint density at radius 3 is 2.86 bits per heavy atom. The third-order valence-corrected chi connectivity index (χ3v) is 3.16. The largest absolute Gasteiger partial charge is 0.458 e. The van der Waals surface area contributed by atoms with Gasteiger partial charge in [0.15, 0.2) is 0 Å². The molecule has 6 heteroatoms. The monoisotopic (exact) mass is 288 g/mol. The second-order valence-electron chi connectivity index (χ2n) is 4.75. The molecule has 0 aromatic carbocycles. The quantitative estimate of drug-likeness (QED) is 0.761. The number of nitrogens with zero attached hydrogens (tertiary/aromatic N) is 2. The molecule has 2 unspecified atom stereocenters. The van der Waals surface area contributed by atoms with Crippen molar-refractivity contribution in [3.8, 4) is 0 Å². The van der Waals surface area contributed by atoms with Crippen LogP contribution >= 0.6 is 0 Å². The molecule has 0 aliphatic rings. The highest BCUT2D eigenvalue weighted by atomic mass is 16.5. The Labute approximate surface area is 124 Å². The van der Waals surface area contributed by atoms with E-state index < -0.39 is 0 Å². The van der Waals surface area contributed by atoms with Gasteiger partial charge in [-0.1, -0.05) is 13.0 Å². The number of H-pyrrole nitrogens is 1. The van der Waals surface area contributed by atoms with Gasteiger partial charge in [-0.2, -0.15) is 0 Å². The molecule has 2 aromatic rings. The van der Waals surface area contributed by atoms with E-state index in [2.05, 4.69) is 20.3 Å². The molecule has 0 radical (unpaired) electrons. The molecule has 0 aliphatic carbocycles. The molecule has 6 nitrogen and oxygen atoms in total. The number of carbonyl (C=O) groups is 1. The van der Waals surface area contributed by atoms with Crippen molar-refractivity contribution in [3.05, 3.63) is 48.3 Å². The van der Waals surface area contributed by atoms with Crippen molar-refractivity contribution in [2.45, 2.75) is 39.0 Å². The highest BCUT2D eigenvalue weighted by Gasteiger charge is 2.21. The molecule has 2 rings (SSSR count). The molecule has 0 saturated heterocycles. The van der Waals surface area contributed by atoms with Crippen LogP contribution in [0.25, 0.3) is 0 Å². The topological polar surface area (TPSA) is 79.9 Å². The van der Waals surface area contributed by atoms with E-state index in [0.717, 1.165) is 11.5 Å². The third-order valence-electron chi connectivity index (χ3n) is 3.16. The van der Waals surface area contributed by atoms with Crippen molar-refractivity contribution in [1.82, 2.24) is 20.3 Å². The first-order valence-electron chi connectivity index (χ1n) is 7.02. The fourth-order valence-corrected chi connectivity index (χ4v) is 1.98. The number of ether oxygens (including phenoxy) is 1. The summed E-state index contributed by atoms with van der Waals surface area (Å²) in [5.74, 6) is 0.521. The standard InChI is InChI=1S/C15H20N4O2/c1-3-13(19-11(2)14-17-8-9-18-14)15(20)21-10-12-6-4-5-7-16-12/h4-9,11,13,19H,3,10H2,1-2H3,(H,17,18). The zero-order valence-electron chi connectivity index (χ0n) is 12.2. The number of nitrogens with one attached hydrogen (secondary N) is 2. The predicted molar refractivity (Wildman–Crippen MR) is 78.3 cm³/mol. The molecule has 0 bridgehead atoms. The summed E-state index contributed by atoms with van der Waals surface area (Å²) >= 11 is 0. The minimum absolute atomic E-state index is 0.0487. The lowest BCUT2D eigenvalue weighted by Crippen LogP contribution is -2.39. The second-order valence-corrected chi connectivity index (χ2v) is 4.75. The predicted octanol–water partition coefficient (Wildman–Crippen LogP) is 1.98. The second kappa shape index (κ2) is 7.54. The highest BCUT2D eigenvalue weighted by molar-refractivity contribution is 5.75. The summed E-state index contributed by atoms with van der Waals surface area (Å²) in [6.07, 6.45) is 5.77. The van der Waals surface area contributed by atoms with Crippen LogP contribution in [-0.4, -0.2) is 27.0 Å². The van der Waals surface area contributed by atoms with Gasteiger partial charge < -0.3 is 9.72 Å². The number of imidazole rings is 1. The zero-order valence-corrected chi connectivity index (χ0v) is 12.2. The van der Waals surface area contributed by atoms with E-state index in [9.17, 15) is 4.79 Å². The van der Waals surface area contributed by atoms with Crippen LogP contribution in [-0.2, 0) is 16.1 Å². The summed E-state index contributed by atoms with van der Waals surface area (Å²) in [5.41, 5.74) is 0.736. The van der Waals surface area contributed by atoms with E-state index in [1.165, 1.54) is 0 Å². The smallest absolute Gasteiger partial charge is 0.323 e. The maximum atomic E-state index is 12.1. The van der Waals surface area contributed by atoms with Crippen molar-refractivity contribution in [2.24, 2.45) is 0 Å². The Kier molecular flexibility index (Phi) is 5.45. The van der Waals surface area contributed by atoms with Crippen molar-refractivity contribution in [2.75, 3.05) is 0 Å². The Balaban J connectivity index is 1.86.